The zero-order valence-electron chi connectivity index (χ0n) is 31.7. The number of carbonyl (C=O) groups excluding carboxylic acids is 2. The van der Waals surface area contributed by atoms with Gasteiger partial charge in [0, 0.05) is 35.4 Å². The van der Waals surface area contributed by atoms with Crippen LogP contribution in [-0.2, 0) is 32.0 Å². The second-order valence-electron chi connectivity index (χ2n) is 14.8. The van der Waals surface area contributed by atoms with Crippen LogP contribution < -0.4 is 45.2 Å². The van der Waals surface area contributed by atoms with E-state index in [9.17, 15) is 35.1 Å². The molecule has 0 amide bonds. The number of benzene rings is 3. The van der Waals surface area contributed by atoms with Gasteiger partial charge < -0.3 is 75.0 Å². The third kappa shape index (κ3) is 7.84. The number of aliphatic hydroxyl groups excluding tert-OH is 4. The number of methoxy groups -OCH3 is 1. The lowest BCUT2D eigenvalue weighted by Crippen LogP contribution is -3.05. The second kappa shape index (κ2) is 16.6. The van der Waals surface area contributed by atoms with Gasteiger partial charge in [-0.25, -0.2) is 0 Å². The molecule has 0 aromatic heterocycles. The smallest absolute Gasteiger partial charge is 0.311 e. The number of hydrogen-bond donors (Lipinski definition) is 7. The maximum Gasteiger partial charge on any atom is 0.311 e. The van der Waals surface area contributed by atoms with Crippen molar-refractivity contribution in [1.82, 2.24) is 0 Å². The second-order valence-corrected chi connectivity index (χ2v) is 14.8. The van der Waals surface area contributed by atoms with Crippen molar-refractivity contribution in [2.45, 2.75) is 80.5 Å². The summed E-state index contributed by atoms with van der Waals surface area (Å²) in [6, 6.07) is 16.8. The van der Waals surface area contributed by atoms with Crippen LogP contribution in [0.15, 0.2) is 83.6 Å². The Morgan fingerprint density at radius 3 is 2.56 bits per heavy atom. The van der Waals surface area contributed by atoms with E-state index in [1.54, 1.807) is 24.4 Å². The third-order valence-corrected chi connectivity index (χ3v) is 11.0. The van der Waals surface area contributed by atoms with Crippen molar-refractivity contribution < 1.29 is 73.2 Å². The van der Waals surface area contributed by atoms with Crippen LogP contribution in [0, 0.1) is 0 Å². The maximum atomic E-state index is 12.3. The summed E-state index contributed by atoms with van der Waals surface area (Å²) in [5, 5.41) is 53.7. The van der Waals surface area contributed by atoms with Crippen molar-refractivity contribution in [3.8, 4) is 28.7 Å². The number of nitrogens with one attached hydrogen (secondary N) is 1. The van der Waals surface area contributed by atoms with Gasteiger partial charge >= 0.3 is 5.97 Å². The lowest BCUT2D eigenvalue weighted by molar-refractivity contribution is -0.848. The fourth-order valence-electron chi connectivity index (χ4n) is 8.41. The average Bonchev–Trinajstić information content (AvgIpc) is 3.92. The van der Waals surface area contributed by atoms with Crippen LogP contribution in [0.25, 0.3) is 0 Å². The number of hydrogen-bond acceptors (Lipinski definition) is 17. The molecule has 10 unspecified atom stereocenters. The van der Waals surface area contributed by atoms with Crippen LogP contribution >= 0.6 is 0 Å². The van der Waals surface area contributed by atoms with Gasteiger partial charge in [0.25, 0.3) is 0 Å². The van der Waals surface area contributed by atoms with E-state index in [0.29, 0.717) is 42.5 Å². The number of carboxylic acids is 1. The van der Waals surface area contributed by atoms with Crippen LogP contribution in [0.3, 0.4) is 0 Å². The lowest BCUT2D eigenvalue weighted by atomic mass is 9.80. The number of esters is 1. The summed E-state index contributed by atoms with van der Waals surface area (Å²) in [5.74, 6) is -1.73. The van der Waals surface area contributed by atoms with E-state index in [0.717, 1.165) is 38.4 Å². The largest absolute Gasteiger partial charge is 0.550 e. The van der Waals surface area contributed by atoms with E-state index in [1.165, 1.54) is 7.11 Å². The van der Waals surface area contributed by atoms with Crippen molar-refractivity contribution >= 4 is 17.7 Å². The molecule has 5 aliphatic heterocycles. The fraction of sp³-hybridized carbons (Fsp3) is 0.390. The summed E-state index contributed by atoms with van der Waals surface area (Å²) < 4.78 is 42.4. The molecule has 312 valence electrons. The summed E-state index contributed by atoms with van der Waals surface area (Å²) in [6.45, 7) is 0.422. The number of allylic oxidation sites excluding steroid dienone is 1. The first kappa shape index (κ1) is 40.2. The number of aliphatic hydroxyl groups is 4. The van der Waals surface area contributed by atoms with Crippen LogP contribution in [0.1, 0.15) is 40.7 Å². The highest BCUT2D eigenvalue weighted by Gasteiger charge is 2.52. The molecule has 0 bridgehead atoms. The zero-order chi connectivity index (χ0) is 41.5. The molecule has 0 spiro atoms. The monoisotopic (exact) mass is 816 g/mol. The normalized spacial score (nSPS) is 27.9. The Morgan fingerprint density at radius 1 is 1.05 bits per heavy atom. The highest BCUT2D eigenvalue weighted by molar-refractivity contribution is 6.06. The lowest BCUT2D eigenvalue weighted by Gasteiger charge is -2.43. The van der Waals surface area contributed by atoms with Crippen molar-refractivity contribution in [2.75, 3.05) is 20.4 Å². The van der Waals surface area contributed by atoms with Crippen LogP contribution in [0.5, 0.6) is 28.7 Å². The maximum absolute atomic E-state index is 12.3. The SMILES string of the molecule is COc1c(OCO)ccc2c1OC1c3c(C[NH+]4C=C5C=CN=C5C4)cc(OC4OC(C(OC(=O)CC(=O)[O-])C(N)N)C(O)C(O)C4O)cc3OC(Cc3ccccc3)C21. The number of nitrogens with two attached hydrogens (primary N) is 2. The van der Waals surface area contributed by atoms with Crippen LogP contribution in [-0.4, -0.2) is 108 Å². The van der Waals surface area contributed by atoms with Crippen molar-refractivity contribution in [3.05, 3.63) is 101 Å². The molecule has 3 aromatic carbocycles. The standard InChI is InChI=1S/C41H44N4O14/c1-53-36-25(54-18-46)8-7-23-31-26(11-19-5-3-2-4-6-19)56-27-13-22(12-21(30(27)37(31)58-35(23)36)16-45-15-20-9-10-44-24(20)17-45)55-41-34(52)32(50)33(51)38(59-41)39(40(42)43)57-29(49)14-28(47)48/h2-10,12-13,15,26,31-34,37-41,46,50-52H,11,14,16-18,42-43H2,1H3,(H,47,48). The highest BCUT2D eigenvalue weighted by Crippen LogP contribution is 2.59. The Kier molecular flexibility index (Phi) is 11.3. The van der Waals surface area contributed by atoms with Crippen molar-refractivity contribution in [1.29, 1.82) is 0 Å². The van der Waals surface area contributed by atoms with E-state index in [2.05, 4.69) is 11.2 Å². The molecule has 3 aromatic rings. The molecule has 18 nitrogen and oxygen atoms in total. The van der Waals surface area contributed by atoms with Gasteiger partial charge in [0.15, 0.2) is 24.4 Å². The summed E-state index contributed by atoms with van der Waals surface area (Å²) >= 11 is 0. The number of carboxylic acid groups (broad SMARTS) is 1. The van der Waals surface area contributed by atoms with Gasteiger partial charge in [-0.1, -0.05) is 36.4 Å². The predicted molar refractivity (Wildman–Crippen MR) is 201 cm³/mol. The summed E-state index contributed by atoms with van der Waals surface area (Å²) in [7, 11) is 1.49. The van der Waals surface area contributed by atoms with Gasteiger partial charge in [-0.2, -0.15) is 0 Å². The Hall–Kier alpha value is -5.57. The summed E-state index contributed by atoms with van der Waals surface area (Å²) in [5.41, 5.74) is 17.0. The van der Waals surface area contributed by atoms with E-state index < -0.39 is 80.3 Å². The number of fused-ring (bicyclic) bond motifs is 6. The molecule has 5 heterocycles. The first-order chi connectivity index (χ1) is 28.4. The van der Waals surface area contributed by atoms with Crippen molar-refractivity contribution in [3.63, 3.8) is 0 Å². The summed E-state index contributed by atoms with van der Waals surface area (Å²) in [6.07, 6.45) is -8.16. The molecule has 10 atom stereocenters. The van der Waals surface area contributed by atoms with Gasteiger partial charge in [-0.3, -0.25) is 14.7 Å². The minimum Gasteiger partial charge on any atom is -0.550 e. The summed E-state index contributed by atoms with van der Waals surface area (Å²) in [4.78, 5) is 28.9. The number of carbonyl (C=O) groups is 2. The molecule has 1 saturated heterocycles. The molecule has 0 aliphatic carbocycles. The Bertz CT molecular complexity index is 2180. The van der Waals surface area contributed by atoms with E-state index in [1.807, 2.05) is 42.5 Å². The van der Waals surface area contributed by atoms with E-state index >= 15 is 0 Å². The highest BCUT2D eigenvalue weighted by atomic mass is 16.7. The molecule has 18 heteroatoms. The zero-order valence-corrected chi connectivity index (χ0v) is 31.7. The van der Waals surface area contributed by atoms with Gasteiger partial charge in [0.1, 0.15) is 73.1 Å². The molecule has 8 rings (SSSR count). The van der Waals surface area contributed by atoms with Gasteiger partial charge in [-0.05, 0) is 23.8 Å². The van der Waals surface area contributed by atoms with Gasteiger partial charge in [0.05, 0.1) is 37.2 Å². The third-order valence-electron chi connectivity index (χ3n) is 11.0. The molecule has 9 N–H and O–H groups in total. The molecule has 59 heavy (non-hydrogen) atoms. The minimum absolute atomic E-state index is 0.139. The number of rotatable bonds is 14. The van der Waals surface area contributed by atoms with Crippen molar-refractivity contribution in [2.24, 2.45) is 16.5 Å². The molecular weight excluding hydrogens is 772 g/mol. The van der Waals surface area contributed by atoms with E-state index in [4.69, 9.17) is 44.6 Å². The Balaban J connectivity index is 1.19. The topological polar surface area (TPSA) is 272 Å². The van der Waals surface area contributed by atoms with Crippen LogP contribution in [0.4, 0.5) is 0 Å². The number of nitrogens with zero attached hydrogens (tertiary/aromatic N) is 1. The number of aliphatic carboxylic acids is 1. The molecule has 1 fully saturated rings. The molecule has 0 radical (unpaired) electrons. The quantitative estimate of drug-likeness (QED) is 0.0526. The molecular formula is C41H44N4O14. The average molecular weight is 817 g/mol. The Labute approximate surface area is 337 Å². The first-order valence-electron chi connectivity index (χ1n) is 19.0. The van der Waals surface area contributed by atoms with Gasteiger partial charge in [-0.15, -0.1) is 0 Å². The Morgan fingerprint density at radius 2 is 1.85 bits per heavy atom. The first-order valence-corrected chi connectivity index (χ1v) is 19.0. The number of ether oxygens (including phenoxy) is 7. The van der Waals surface area contributed by atoms with Gasteiger partial charge in [0.2, 0.25) is 12.0 Å². The fourth-order valence-corrected chi connectivity index (χ4v) is 8.41. The minimum atomic E-state index is -1.90. The van der Waals surface area contributed by atoms with E-state index in [-0.39, 0.29) is 11.7 Å². The predicted octanol–water partition coefficient (Wildman–Crippen LogP) is -2.02. The number of quaternary nitrogens is 1. The molecule has 5 aliphatic rings. The molecule has 0 saturated carbocycles. The van der Waals surface area contributed by atoms with Crippen LogP contribution in [0.2, 0.25) is 0 Å². The number of aliphatic imine (C=N–C) groups is 1.